The Balaban J connectivity index is 1.45. The monoisotopic (exact) mass is 900 g/mol. The van der Waals surface area contributed by atoms with Crippen molar-refractivity contribution in [1.29, 1.82) is 0 Å². The lowest BCUT2D eigenvalue weighted by Crippen LogP contribution is -2.65. The Morgan fingerprint density at radius 1 is 0.984 bits per heavy atom. The van der Waals surface area contributed by atoms with Crippen LogP contribution >= 0.6 is 0 Å². The number of fused-ring (bicyclic) bond motifs is 4. The minimum atomic E-state index is -2.07. The summed E-state index contributed by atoms with van der Waals surface area (Å²) in [7, 11) is 1.25. The number of carbonyl (C=O) groups excluding carboxylic acids is 5. The minimum absolute atomic E-state index is 0.0711. The molecule has 0 saturated carbocycles. The molecule has 5 aliphatic heterocycles. The van der Waals surface area contributed by atoms with Crippen LogP contribution in [0.15, 0.2) is 59.8 Å². The first-order chi connectivity index (χ1) is 30.0. The van der Waals surface area contributed by atoms with Crippen LogP contribution in [0.1, 0.15) is 106 Å². The van der Waals surface area contributed by atoms with Crippen LogP contribution in [0, 0.1) is 16.7 Å². The Hall–Kier alpha value is -4.23. The molecule has 0 amide bonds. The molecule has 4 saturated heterocycles. The van der Waals surface area contributed by atoms with Gasteiger partial charge in [0, 0.05) is 44.8 Å². The normalized spacial score (nSPS) is 39.4. The van der Waals surface area contributed by atoms with Crippen molar-refractivity contribution in [1.82, 2.24) is 0 Å². The number of unbranched alkanes of at least 4 members (excludes halogenated alkanes) is 1. The van der Waals surface area contributed by atoms with Gasteiger partial charge in [-0.1, -0.05) is 69.2 Å². The van der Waals surface area contributed by atoms with Crippen molar-refractivity contribution >= 4 is 29.8 Å². The van der Waals surface area contributed by atoms with Crippen LogP contribution in [0.5, 0.6) is 0 Å². The van der Waals surface area contributed by atoms with Crippen molar-refractivity contribution in [3.63, 3.8) is 0 Å². The zero-order chi connectivity index (χ0) is 47.0. The zero-order valence-electron chi connectivity index (χ0n) is 37.9. The van der Waals surface area contributed by atoms with Gasteiger partial charge < -0.3 is 58.3 Å². The predicted octanol–water partition coefficient (Wildman–Crippen LogP) is 3.64. The van der Waals surface area contributed by atoms with E-state index < -0.39 is 125 Å². The molecule has 64 heavy (non-hydrogen) atoms. The van der Waals surface area contributed by atoms with Crippen LogP contribution in [0.4, 0.5) is 0 Å². The molecule has 17 heteroatoms. The Morgan fingerprint density at radius 3 is 2.39 bits per heavy atom. The molecule has 0 radical (unpaired) electrons. The Labute approximate surface area is 373 Å². The van der Waals surface area contributed by atoms with Gasteiger partial charge in [0.15, 0.2) is 18.0 Å². The lowest BCUT2D eigenvalue weighted by Gasteiger charge is -2.53. The smallest absolute Gasteiger partial charge is 0.341 e. The third-order valence-electron chi connectivity index (χ3n) is 13.6. The van der Waals surface area contributed by atoms with Crippen LogP contribution in [0.25, 0.3) is 0 Å². The number of carbonyl (C=O) groups is 5. The van der Waals surface area contributed by atoms with Crippen molar-refractivity contribution in [3.8, 4) is 0 Å². The van der Waals surface area contributed by atoms with E-state index in [2.05, 4.69) is 0 Å². The van der Waals surface area contributed by atoms with E-state index in [9.17, 15) is 44.4 Å². The van der Waals surface area contributed by atoms with Crippen LogP contribution < -0.4 is 0 Å². The summed E-state index contributed by atoms with van der Waals surface area (Å²) in [5, 5.41) is 46.3. The van der Waals surface area contributed by atoms with Crippen molar-refractivity contribution in [2.24, 2.45) is 16.7 Å². The quantitative estimate of drug-likeness (QED) is 0.0894. The van der Waals surface area contributed by atoms with Crippen molar-refractivity contribution in [3.05, 3.63) is 59.8 Å². The van der Waals surface area contributed by atoms with E-state index in [0.29, 0.717) is 5.57 Å². The number of cyclic esters (lactones) is 1. The summed E-state index contributed by atoms with van der Waals surface area (Å²) in [6.45, 7) is 11.4. The molecule has 17 nitrogen and oxygen atoms in total. The van der Waals surface area contributed by atoms with Crippen LogP contribution in [-0.4, -0.2) is 129 Å². The second-order valence-electron chi connectivity index (χ2n) is 19.0. The van der Waals surface area contributed by atoms with Gasteiger partial charge in [-0.2, -0.15) is 0 Å². The number of rotatable bonds is 8. The topological polar surface area (TPSA) is 240 Å². The van der Waals surface area contributed by atoms with Gasteiger partial charge in [-0.25, -0.2) is 14.4 Å². The van der Waals surface area contributed by atoms with Crippen molar-refractivity contribution in [2.45, 2.75) is 178 Å². The third kappa shape index (κ3) is 9.53. The molecule has 4 fully saturated rings. The first-order valence-electron chi connectivity index (χ1n) is 22.1. The number of esters is 5. The fraction of sp³-hybridized carbons (Fsp3) is 0.681. The van der Waals surface area contributed by atoms with Gasteiger partial charge in [-0.3, -0.25) is 9.59 Å². The average Bonchev–Trinajstić information content (AvgIpc) is 3.38. The Kier molecular flexibility index (Phi) is 14.6. The summed E-state index contributed by atoms with van der Waals surface area (Å²) in [5.74, 6) is -9.01. The molecule has 6 rings (SSSR count). The fourth-order valence-electron chi connectivity index (χ4n) is 9.86. The molecule has 0 aromatic carbocycles. The molecule has 1 aliphatic carbocycles. The highest BCUT2D eigenvalue weighted by molar-refractivity contribution is 5.84. The minimum Gasteiger partial charge on any atom is -0.466 e. The van der Waals surface area contributed by atoms with E-state index in [1.165, 1.54) is 39.2 Å². The van der Waals surface area contributed by atoms with Crippen molar-refractivity contribution < 1.29 is 82.3 Å². The SMILES string of the molecule is CCCC=CC=CC(=O)OC1C2C=C3CC(C(C)O)OC(=O)CC(O)CC4CC(OC(C)=O)C(C)(C)C(O)(CC5CC(=CC(=O)OC)CC(C=CC(C)(C)C16OC(=O)C(O)C32O6)O5)O4. The van der Waals surface area contributed by atoms with Gasteiger partial charge in [0.25, 0.3) is 5.79 Å². The van der Waals surface area contributed by atoms with Gasteiger partial charge in [0.1, 0.15) is 17.8 Å². The number of aliphatic hydroxyl groups excluding tert-OH is 3. The molecule has 0 aromatic rings. The second-order valence-corrected chi connectivity index (χ2v) is 19.0. The average molecular weight is 901 g/mol. The number of aliphatic hydroxyl groups is 4. The number of hydrogen-bond donors (Lipinski definition) is 4. The molecule has 354 valence electrons. The van der Waals surface area contributed by atoms with Gasteiger partial charge in [0.2, 0.25) is 0 Å². The lowest BCUT2D eigenvalue weighted by molar-refractivity contribution is -0.348. The molecule has 13 unspecified atom stereocenters. The maximum Gasteiger partial charge on any atom is 0.341 e. The van der Waals surface area contributed by atoms with Gasteiger partial charge in [-0.15, -0.1) is 0 Å². The molecule has 0 aromatic heterocycles. The highest BCUT2D eigenvalue weighted by Crippen LogP contribution is 2.65. The largest absolute Gasteiger partial charge is 0.466 e. The van der Waals surface area contributed by atoms with Crippen LogP contribution in [0.2, 0.25) is 0 Å². The van der Waals surface area contributed by atoms with Crippen LogP contribution in [0.3, 0.4) is 0 Å². The van der Waals surface area contributed by atoms with E-state index in [0.717, 1.165) is 12.8 Å². The standard InChI is InChI=1S/C47H64O17/c1-9-10-11-12-13-14-37(51)61-41-34-20-29-21-35(26(2)48)60-39(53)23-30(50)22-32-24-36(58-27(3)49)44(6,7)45(56,62-32)25-33-18-28(19-38(52)57-8)17-31(59-33)15-16-43(4,5)47(41)63-42(55)40(54)46(29,34)64-47/h11-16,19-20,26,30-36,40-41,48,50,54,56H,9-10,17-18,21-25H2,1-8H3. The summed E-state index contributed by atoms with van der Waals surface area (Å²) in [6.07, 6.45) is 3.09. The van der Waals surface area contributed by atoms with Crippen molar-refractivity contribution in [2.75, 3.05) is 7.11 Å². The number of hydrogen-bond acceptors (Lipinski definition) is 17. The van der Waals surface area contributed by atoms with Gasteiger partial charge >= 0.3 is 29.8 Å². The molecule has 6 bridgehead atoms. The van der Waals surface area contributed by atoms with Gasteiger partial charge in [0.05, 0.1) is 60.8 Å². The highest BCUT2D eigenvalue weighted by Gasteiger charge is 2.80. The maximum absolute atomic E-state index is 13.9. The van der Waals surface area contributed by atoms with E-state index in [4.69, 9.17) is 37.9 Å². The van der Waals surface area contributed by atoms with E-state index in [1.807, 2.05) is 13.0 Å². The number of methoxy groups -OCH3 is 1. The zero-order valence-corrected chi connectivity index (χ0v) is 37.9. The first-order valence-corrected chi connectivity index (χ1v) is 22.1. The Morgan fingerprint density at radius 2 is 1.72 bits per heavy atom. The lowest BCUT2D eigenvalue weighted by atomic mass is 9.63. The molecular formula is C47H64O17. The molecular weight excluding hydrogens is 837 g/mol. The second kappa shape index (κ2) is 18.9. The van der Waals surface area contributed by atoms with E-state index in [1.54, 1.807) is 52.0 Å². The van der Waals surface area contributed by atoms with E-state index >= 15 is 0 Å². The summed E-state index contributed by atoms with van der Waals surface area (Å²) < 4.78 is 48.4. The van der Waals surface area contributed by atoms with Gasteiger partial charge in [-0.05, 0) is 45.6 Å². The fourth-order valence-corrected chi connectivity index (χ4v) is 9.86. The van der Waals surface area contributed by atoms with Crippen LogP contribution in [-0.2, 0) is 61.9 Å². The molecule has 4 N–H and O–H groups in total. The molecule has 13 atom stereocenters. The predicted molar refractivity (Wildman–Crippen MR) is 224 cm³/mol. The summed E-state index contributed by atoms with van der Waals surface area (Å²) >= 11 is 0. The molecule has 5 heterocycles. The molecule has 1 spiro atoms. The third-order valence-corrected chi connectivity index (χ3v) is 13.6. The number of ether oxygens (including phenoxy) is 8. The molecule has 6 aliphatic rings. The van der Waals surface area contributed by atoms with E-state index in [-0.39, 0.29) is 44.1 Å². The number of allylic oxidation sites excluding steroid dienone is 3. The maximum atomic E-state index is 13.9. The summed E-state index contributed by atoms with van der Waals surface area (Å²) in [4.78, 5) is 65.8. The summed E-state index contributed by atoms with van der Waals surface area (Å²) in [5.41, 5.74) is -3.54. The first kappa shape index (κ1) is 49.2. The highest BCUT2D eigenvalue weighted by atomic mass is 16.8. The summed E-state index contributed by atoms with van der Waals surface area (Å²) in [6, 6.07) is 0. The Bertz CT molecular complexity index is 1960.